The second kappa shape index (κ2) is 6.97. The zero-order chi connectivity index (χ0) is 15.4. The van der Waals surface area contributed by atoms with E-state index in [9.17, 15) is 0 Å². The van der Waals surface area contributed by atoms with Crippen molar-refractivity contribution in [3.05, 3.63) is 65.2 Å². The van der Waals surface area contributed by atoms with Crippen LogP contribution in [0.3, 0.4) is 0 Å². The van der Waals surface area contributed by atoms with Gasteiger partial charge in [-0.25, -0.2) is 0 Å². The predicted octanol–water partition coefficient (Wildman–Crippen LogP) is 4.59. The second-order valence-corrected chi connectivity index (χ2v) is 6.07. The first-order valence-corrected chi connectivity index (χ1v) is 8.26. The summed E-state index contributed by atoms with van der Waals surface area (Å²) < 4.78 is 5.26. The van der Waals surface area contributed by atoms with Crippen LogP contribution in [0.25, 0.3) is 0 Å². The van der Waals surface area contributed by atoms with E-state index in [1.807, 2.05) is 0 Å². The van der Waals surface area contributed by atoms with Crippen molar-refractivity contribution in [3.8, 4) is 5.75 Å². The highest BCUT2D eigenvalue weighted by Crippen LogP contribution is 2.33. The van der Waals surface area contributed by atoms with Gasteiger partial charge in [-0.15, -0.1) is 0 Å². The fourth-order valence-electron chi connectivity index (χ4n) is 3.33. The van der Waals surface area contributed by atoms with E-state index in [2.05, 4.69) is 60.4 Å². The van der Waals surface area contributed by atoms with Gasteiger partial charge in [-0.3, -0.25) is 4.90 Å². The number of hydrogen-bond acceptors (Lipinski definition) is 2. The highest BCUT2D eigenvalue weighted by molar-refractivity contribution is 5.30. The van der Waals surface area contributed by atoms with Gasteiger partial charge in [0, 0.05) is 12.6 Å². The molecule has 1 aliphatic rings. The summed E-state index contributed by atoms with van der Waals surface area (Å²) in [7, 11) is 1.72. The molecule has 1 aliphatic heterocycles. The Morgan fingerprint density at radius 1 is 1.00 bits per heavy atom. The van der Waals surface area contributed by atoms with Gasteiger partial charge in [-0.05, 0) is 54.6 Å². The minimum Gasteiger partial charge on any atom is -0.497 e. The van der Waals surface area contributed by atoms with Gasteiger partial charge < -0.3 is 4.74 Å². The minimum atomic E-state index is 0.539. The molecule has 0 N–H and O–H groups in total. The second-order valence-electron chi connectivity index (χ2n) is 6.07. The Hall–Kier alpha value is -1.80. The molecule has 2 aromatic carbocycles. The first kappa shape index (κ1) is 15.1. The first-order chi connectivity index (χ1) is 10.8. The van der Waals surface area contributed by atoms with Crippen molar-refractivity contribution in [2.75, 3.05) is 13.7 Å². The number of hydrogen-bond donors (Lipinski definition) is 0. The molecule has 0 radical (unpaired) electrons. The van der Waals surface area contributed by atoms with Crippen molar-refractivity contribution in [2.24, 2.45) is 0 Å². The summed E-state index contributed by atoms with van der Waals surface area (Å²) in [5.74, 6) is 0.934. The van der Waals surface area contributed by atoms with E-state index in [0.29, 0.717) is 6.04 Å². The van der Waals surface area contributed by atoms with Crippen molar-refractivity contribution < 1.29 is 4.74 Å². The normalized spacial score (nSPS) is 18.5. The zero-order valence-electron chi connectivity index (χ0n) is 13.6. The number of nitrogens with zero attached hydrogens (tertiary/aromatic N) is 1. The number of methoxy groups -OCH3 is 1. The van der Waals surface area contributed by atoms with Crippen LogP contribution in [-0.4, -0.2) is 18.6 Å². The molecule has 1 fully saturated rings. The monoisotopic (exact) mass is 295 g/mol. The quantitative estimate of drug-likeness (QED) is 0.799. The molecule has 3 rings (SSSR count). The molecular weight excluding hydrogens is 270 g/mol. The Morgan fingerprint density at radius 3 is 2.32 bits per heavy atom. The van der Waals surface area contributed by atoms with Gasteiger partial charge in [0.25, 0.3) is 0 Å². The van der Waals surface area contributed by atoms with Crippen LogP contribution in [0.5, 0.6) is 5.75 Å². The number of ether oxygens (including phenoxy) is 1. The predicted molar refractivity (Wildman–Crippen MR) is 91.2 cm³/mol. The summed E-state index contributed by atoms with van der Waals surface area (Å²) in [6.07, 6.45) is 3.64. The van der Waals surface area contributed by atoms with Crippen LogP contribution in [0.1, 0.15) is 42.5 Å². The molecule has 0 aliphatic carbocycles. The fraction of sp³-hybridized carbons (Fsp3) is 0.400. The van der Waals surface area contributed by atoms with Gasteiger partial charge in [0.15, 0.2) is 0 Å². The number of benzene rings is 2. The van der Waals surface area contributed by atoms with E-state index >= 15 is 0 Å². The van der Waals surface area contributed by atoms with Crippen LogP contribution in [-0.2, 0) is 13.0 Å². The fourth-order valence-corrected chi connectivity index (χ4v) is 3.33. The molecule has 0 spiro atoms. The summed E-state index contributed by atoms with van der Waals surface area (Å²) in [6, 6.07) is 18.2. The molecule has 2 aromatic rings. The molecule has 0 aromatic heterocycles. The van der Waals surface area contributed by atoms with Crippen molar-refractivity contribution in [2.45, 2.75) is 38.8 Å². The molecule has 2 nitrogen and oxygen atoms in total. The third-order valence-corrected chi connectivity index (χ3v) is 4.68. The average Bonchev–Trinajstić information content (AvgIpc) is 3.04. The zero-order valence-corrected chi connectivity index (χ0v) is 13.6. The van der Waals surface area contributed by atoms with E-state index in [0.717, 1.165) is 18.7 Å². The highest BCUT2D eigenvalue weighted by atomic mass is 16.5. The molecule has 22 heavy (non-hydrogen) atoms. The van der Waals surface area contributed by atoms with Crippen LogP contribution in [0.4, 0.5) is 0 Å². The smallest absolute Gasteiger partial charge is 0.118 e. The van der Waals surface area contributed by atoms with Gasteiger partial charge >= 0.3 is 0 Å². The summed E-state index contributed by atoms with van der Waals surface area (Å²) in [5.41, 5.74) is 4.23. The van der Waals surface area contributed by atoms with Crippen LogP contribution >= 0.6 is 0 Å². The standard InChI is InChI=1S/C20H25NO/c1-3-16-6-8-17(9-7-16)15-21-14-4-5-20(21)18-10-12-19(22-2)13-11-18/h6-13,20H,3-5,14-15H2,1-2H3/t20-/m0/s1. The van der Waals surface area contributed by atoms with Gasteiger partial charge in [0.2, 0.25) is 0 Å². The molecule has 0 bridgehead atoms. The summed E-state index contributed by atoms with van der Waals surface area (Å²) in [5, 5.41) is 0. The Morgan fingerprint density at radius 2 is 1.68 bits per heavy atom. The maximum Gasteiger partial charge on any atom is 0.118 e. The van der Waals surface area contributed by atoms with Crippen LogP contribution in [0, 0.1) is 0 Å². The van der Waals surface area contributed by atoms with E-state index < -0.39 is 0 Å². The third-order valence-electron chi connectivity index (χ3n) is 4.68. The van der Waals surface area contributed by atoms with Gasteiger partial charge in [-0.1, -0.05) is 43.3 Å². The Bertz CT molecular complexity index is 588. The lowest BCUT2D eigenvalue weighted by Gasteiger charge is -2.25. The van der Waals surface area contributed by atoms with Gasteiger partial charge in [0.1, 0.15) is 5.75 Å². The largest absolute Gasteiger partial charge is 0.497 e. The number of likely N-dealkylation sites (tertiary alicyclic amines) is 1. The molecule has 2 heteroatoms. The molecule has 1 heterocycles. The molecule has 1 atom stereocenters. The third kappa shape index (κ3) is 3.33. The topological polar surface area (TPSA) is 12.5 Å². The Kier molecular flexibility index (Phi) is 4.79. The van der Waals surface area contributed by atoms with Crippen molar-refractivity contribution >= 4 is 0 Å². The van der Waals surface area contributed by atoms with Crippen LogP contribution in [0.2, 0.25) is 0 Å². The lowest BCUT2D eigenvalue weighted by molar-refractivity contribution is 0.248. The van der Waals surface area contributed by atoms with Crippen LogP contribution < -0.4 is 4.74 Å². The Labute approximate surface area is 133 Å². The van der Waals surface area contributed by atoms with Crippen molar-refractivity contribution in [3.63, 3.8) is 0 Å². The average molecular weight is 295 g/mol. The molecule has 116 valence electrons. The summed E-state index contributed by atoms with van der Waals surface area (Å²) in [4.78, 5) is 2.60. The summed E-state index contributed by atoms with van der Waals surface area (Å²) in [6.45, 7) is 4.43. The first-order valence-electron chi connectivity index (χ1n) is 8.26. The van der Waals surface area contributed by atoms with Gasteiger partial charge in [-0.2, -0.15) is 0 Å². The van der Waals surface area contributed by atoms with Crippen LogP contribution in [0.15, 0.2) is 48.5 Å². The van der Waals surface area contributed by atoms with Crippen molar-refractivity contribution in [1.82, 2.24) is 4.90 Å². The molecule has 0 unspecified atom stereocenters. The maximum atomic E-state index is 5.26. The lowest BCUT2D eigenvalue weighted by Crippen LogP contribution is -2.22. The maximum absolute atomic E-state index is 5.26. The lowest BCUT2D eigenvalue weighted by atomic mass is 10.0. The molecular formula is C20H25NO. The number of aryl methyl sites for hydroxylation is 1. The molecule has 0 saturated carbocycles. The minimum absolute atomic E-state index is 0.539. The molecule has 1 saturated heterocycles. The SMILES string of the molecule is CCc1ccc(CN2CCC[C@H]2c2ccc(OC)cc2)cc1. The van der Waals surface area contributed by atoms with E-state index in [1.54, 1.807) is 7.11 Å². The highest BCUT2D eigenvalue weighted by Gasteiger charge is 2.25. The van der Waals surface area contributed by atoms with Gasteiger partial charge in [0.05, 0.1) is 7.11 Å². The molecule has 0 amide bonds. The summed E-state index contributed by atoms with van der Waals surface area (Å²) >= 11 is 0. The van der Waals surface area contributed by atoms with Crippen molar-refractivity contribution in [1.29, 1.82) is 0 Å². The Balaban J connectivity index is 1.71. The van der Waals surface area contributed by atoms with E-state index in [4.69, 9.17) is 4.74 Å². The van der Waals surface area contributed by atoms with E-state index in [1.165, 1.54) is 36.1 Å². The van der Waals surface area contributed by atoms with E-state index in [-0.39, 0.29) is 0 Å². The number of rotatable bonds is 5.